The molecular weight excluding hydrogens is 466 g/mol. The molecular formula is C25H30F2N8O. The van der Waals surface area contributed by atoms with Crippen LogP contribution in [0.3, 0.4) is 0 Å². The van der Waals surface area contributed by atoms with Gasteiger partial charge in [0, 0.05) is 42.8 Å². The summed E-state index contributed by atoms with van der Waals surface area (Å²) in [6.07, 6.45) is 4.30. The van der Waals surface area contributed by atoms with Crippen LogP contribution in [0.25, 0.3) is 16.6 Å². The Bertz CT molecular complexity index is 1230. The fourth-order valence-electron chi connectivity index (χ4n) is 3.74. The molecule has 3 aromatic heterocycles. The van der Waals surface area contributed by atoms with Gasteiger partial charge in [-0.05, 0) is 35.7 Å². The van der Waals surface area contributed by atoms with Crippen molar-refractivity contribution < 1.29 is 13.5 Å². The van der Waals surface area contributed by atoms with Gasteiger partial charge in [-0.2, -0.15) is 5.10 Å². The van der Waals surface area contributed by atoms with Crippen molar-refractivity contribution in [3.05, 3.63) is 54.0 Å². The number of nitrogens with two attached hydrogens (primary N) is 1. The fraction of sp³-hybridized carbons (Fsp3) is 0.400. The van der Waals surface area contributed by atoms with Crippen molar-refractivity contribution in [2.45, 2.75) is 32.3 Å². The molecule has 190 valence electrons. The van der Waals surface area contributed by atoms with Crippen LogP contribution in [0.1, 0.15) is 30.9 Å². The third-order valence-electron chi connectivity index (χ3n) is 5.77. The Labute approximate surface area is 208 Å². The molecule has 1 aliphatic rings. The lowest BCUT2D eigenvalue weighted by Gasteiger charge is -2.38. The van der Waals surface area contributed by atoms with E-state index in [-0.39, 0.29) is 12.6 Å². The van der Waals surface area contributed by atoms with E-state index in [0.29, 0.717) is 54.9 Å². The van der Waals surface area contributed by atoms with Crippen molar-refractivity contribution in [3.8, 4) is 0 Å². The molecule has 1 aliphatic heterocycles. The third kappa shape index (κ3) is 6.76. The molecule has 36 heavy (non-hydrogen) atoms. The van der Waals surface area contributed by atoms with Crippen LogP contribution in [0.5, 0.6) is 0 Å². The van der Waals surface area contributed by atoms with E-state index < -0.39 is 6.43 Å². The van der Waals surface area contributed by atoms with Gasteiger partial charge in [0.2, 0.25) is 0 Å². The van der Waals surface area contributed by atoms with E-state index in [1.54, 1.807) is 23.5 Å². The molecule has 0 spiro atoms. The van der Waals surface area contributed by atoms with E-state index in [1.807, 2.05) is 24.3 Å². The van der Waals surface area contributed by atoms with Gasteiger partial charge >= 0.3 is 0 Å². The van der Waals surface area contributed by atoms with Gasteiger partial charge in [-0.1, -0.05) is 13.8 Å². The van der Waals surface area contributed by atoms with E-state index in [1.165, 1.54) is 6.20 Å². The molecule has 0 bridgehead atoms. The molecule has 4 heterocycles. The minimum absolute atomic E-state index is 0.0131. The summed E-state index contributed by atoms with van der Waals surface area (Å²) in [6.45, 7) is 5.91. The van der Waals surface area contributed by atoms with Crippen molar-refractivity contribution in [1.29, 1.82) is 0 Å². The molecule has 3 aromatic rings. The number of halogens is 2. The van der Waals surface area contributed by atoms with Gasteiger partial charge in [0.15, 0.2) is 5.82 Å². The number of alkyl halides is 2. The van der Waals surface area contributed by atoms with Gasteiger partial charge in [-0.3, -0.25) is 14.9 Å². The Morgan fingerprint density at radius 2 is 2.06 bits per heavy atom. The molecule has 0 saturated carbocycles. The number of allylic oxidation sites excluding steroid dienone is 1. The van der Waals surface area contributed by atoms with Gasteiger partial charge < -0.3 is 15.8 Å². The number of fused-ring (bicyclic) bond motifs is 1. The number of hydrogen-bond donors (Lipinski definition) is 2. The van der Waals surface area contributed by atoms with Crippen molar-refractivity contribution in [1.82, 2.24) is 25.1 Å². The molecule has 0 unspecified atom stereocenters. The molecule has 3 N–H and O–H groups in total. The molecule has 0 aliphatic carbocycles. The van der Waals surface area contributed by atoms with E-state index in [9.17, 15) is 8.78 Å². The summed E-state index contributed by atoms with van der Waals surface area (Å²) in [4.78, 5) is 15.2. The molecule has 4 rings (SSSR count). The van der Waals surface area contributed by atoms with E-state index in [4.69, 9.17) is 10.5 Å². The summed E-state index contributed by atoms with van der Waals surface area (Å²) in [6, 6.07) is 7.58. The van der Waals surface area contributed by atoms with E-state index in [2.05, 4.69) is 44.3 Å². The number of ether oxygens (including phenoxy) is 1. The molecule has 0 aromatic carbocycles. The zero-order valence-corrected chi connectivity index (χ0v) is 20.3. The van der Waals surface area contributed by atoms with Crippen molar-refractivity contribution in [2.24, 2.45) is 10.7 Å². The number of likely N-dealkylation sites (tertiary alicyclic amines) is 1. The lowest BCUT2D eigenvalue weighted by molar-refractivity contribution is -0.0685. The average Bonchev–Trinajstić information content (AvgIpc) is 2.84. The Morgan fingerprint density at radius 1 is 1.22 bits per heavy atom. The topological polar surface area (TPSA) is 114 Å². The van der Waals surface area contributed by atoms with Crippen LogP contribution in [-0.4, -0.2) is 76.6 Å². The van der Waals surface area contributed by atoms with Crippen molar-refractivity contribution in [3.63, 3.8) is 0 Å². The summed E-state index contributed by atoms with van der Waals surface area (Å²) in [5, 5.41) is 11.4. The first kappa shape index (κ1) is 25.5. The van der Waals surface area contributed by atoms with Crippen LogP contribution in [0, 0.1) is 0 Å². The van der Waals surface area contributed by atoms with Crippen LogP contribution >= 0.6 is 0 Å². The molecule has 11 heteroatoms. The van der Waals surface area contributed by atoms with Gasteiger partial charge in [0.25, 0.3) is 6.43 Å². The number of nitrogens with one attached hydrogen (secondary N) is 1. The first-order valence-corrected chi connectivity index (χ1v) is 11.8. The van der Waals surface area contributed by atoms with Crippen LogP contribution in [0.4, 0.5) is 20.4 Å². The number of nitrogens with zero attached hydrogens (tertiary/aromatic N) is 6. The molecule has 1 fully saturated rings. The Morgan fingerprint density at radius 3 is 2.81 bits per heavy atom. The lowest BCUT2D eigenvalue weighted by atomic mass is 10.1. The maximum Gasteiger partial charge on any atom is 0.251 e. The predicted octanol–water partition coefficient (Wildman–Crippen LogP) is 3.62. The van der Waals surface area contributed by atoms with Crippen molar-refractivity contribution in [2.75, 3.05) is 38.1 Å². The summed E-state index contributed by atoms with van der Waals surface area (Å²) >= 11 is 0. The van der Waals surface area contributed by atoms with E-state index in [0.717, 1.165) is 16.6 Å². The first-order chi connectivity index (χ1) is 17.4. The quantitative estimate of drug-likeness (QED) is 0.306. The Balaban J connectivity index is 1.35. The first-order valence-electron chi connectivity index (χ1n) is 11.8. The molecule has 1 saturated heterocycles. The summed E-state index contributed by atoms with van der Waals surface area (Å²) in [5.41, 5.74) is 9.85. The number of anilines is 2. The van der Waals surface area contributed by atoms with E-state index >= 15 is 0 Å². The summed E-state index contributed by atoms with van der Waals surface area (Å²) in [7, 11) is 0. The minimum Gasteiger partial charge on any atom is -0.404 e. The molecule has 0 amide bonds. The highest BCUT2D eigenvalue weighted by Gasteiger charge is 2.28. The number of aromatic nitrogens is 4. The van der Waals surface area contributed by atoms with Crippen LogP contribution < -0.4 is 11.1 Å². The number of aliphatic imine (C=N–C) groups is 1. The second kappa shape index (κ2) is 11.9. The highest BCUT2D eigenvalue weighted by Crippen LogP contribution is 2.22. The van der Waals surface area contributed by atoms with Crippen LogP contribution in [0.2, 0.25) is 0 Å². The zero-order chi connectivity index (χ0) is 25.5. The lowest BCUT2D eigenvalue weighted by Crippen LogP contribution is -2.53. The highest BCUT2D eigenvalue weighted by atomic mass is 19.3. The summed E-state index contributed by atoms with van der Waals surface area (Å²) < 4.78 is 30.3. The molecule has 0 atom stereocenters. The second-order valence-electron chi connectivity index (χ2n) is 8.87. The fourth-order valence-corrected chi connectivity index (χ4v) is 3.74. The average molecular weight is 497 g/mol. The largest absolute Gasteiger partial charge is 0.404 e. The van der Waals surface area contributed by atoms with Gasteiger partial charge in [0.05, 0.1) is 43.0 Å². The third-order valence-corrected chi connectivity index (χ3v) is 5.77. The Kier molecular flexibility index (Phi) is 8.44. The number of pyridine rings is 2. The zero-order valence-electron chi connectivity index (χ0n) is 20.3. The number of hydrogen-bond acceptors (Lipinski definition) is 9. The smallest absolute Gasteiger partial charge is 0.251 e. The maximum absolute atomic E-state index is 12.3. The monoisotopic (exact) mass is 496 g/mol. The highest BCUT2D eigenvalue weighted by molar-refractivity contribution is 6.10. The van der Waals surface area contributed by atoms with Gasteiger partial charge in [0.1, 0.15) is 5.82 Å². The SMILES string of the molecule is CC(C)c1cnnc(Nc2ccc3ncc(C(C=NCCOC4CN(CC(F)F)C4)=CN)cc3n2)c1. The standard InChI is InChI=1S/C25H30F2N8O/c1-16(2)17-8-25(34-31-12-17)33-24-4-3-21-22(32-24)7-18(11-30-21)19(9-28)10-29-5-6-36-20-13-35(14-20)15-23(26)27/h3-4,7-12,16,20,23H,5-6,13-15,28H2,1-2H3,(H,32,33,34). The maximum atomic E-state index is 12.3. The molecule has 9 nitrogen and oxygen atoms in total. The minimum atomic E-state index is -2.31. The predicted molar refractivity (Wildman–Crippen MR) is 137 cm³/mol. The number of rotatable bonds is 11. The van der Waals surface area contributed by atoms with Crippen molar-refractivity contribution >= 4 is 34.5 Å². The Hall–Kier alpha value is -3.57. The normalized spacial score (nSPS) is 15.3. The summed E-state index contributed by atoms with van der Waals surface area (Å²) in [5.74, 6) is 1.59. The van der Waals surface area contributed by atoms with Gasteiger partial charge in [-0.25, -0.2) is 13.8 Å². The van der Waals surface area contributed by atoms with Crippen LogP contribution in [-0.2, 0) is 4.74 Å². The molecule has 0 radical (unpaired) electrons. The van der Waals surface area contributed by atoms with Crippen LogP contribution in [0.15, 0.2) is 47.9 Å². The van der Waals surface area contributed by atoms with Gasteiger partial charge in [-0.15, -0.1) is 5.10 Å². The second-order valence-corrected chi connectivity index (χ2v) is 8.87.